The van der Waals surface area contributed by atoms with E-state index in [0.717, 1.165) is 77.5 Å². The summed E-state index contributed by atoms with van der Waals surface area (Å²) >= 11 is 6.72. The van der Waals surface area contributed by atoms with E-state index in [1.54, 1.807) is 0 Å². The van der Waals surface area contributed by atoms with E-state index in [0.29, 0.717) is 30.7 Å². The second kappa shape index (κ2) is 11.2. The van der Waals surface area contributed by atoms with Gasteiger partial charge in [0, 0.05) is 35.3 Å². The van der Waals surface area contributed by atoms with Crippen LogP contribution in [0.25, 0.3) is 32.9 Å². The second-order valence-electron chi connectivity index (χ2n) is 14.4. The Hall–Kier alpha value is -3.69. The number of halogens is 1. The van der Waals surface area contributed by atoms with Crippen LogP contribution >= 0.6 is 11.6 Å². The monoisotopic (exact) mass is 640 g/mol. The van der Waals surface area contributed by atoms with Gasteiger partial charge in [-0.25, -0.2) is 4.79 Å². The highest BCUT2D eigenvalue weighted by Gasteiger charge is 2.46. The second-order valence-corrected chi connectivity index (χ2v) is 14.9. The third-order valence-corrected chi connectivity index (χ3v) is 10.6. The van der Waals surface area contributed by atoms with Crippen molar-refractivity contribution in [2.75, 3.05) is 37.7 Å². The van der Waals surface area contributed by atoms with Crippen LogP contribution in [-0.2, 0) is 4.74 Å². The average molecular weight is 641 g/mol. The zero-order chi connectivity index (χ0) is 31.6. The molecule has 10 heteroatoms. The Labute approximate surface area is 274 Å². The van der Waals surface area contributed by atoms with Crippen molar-refractivity contribution in [1.82, 2.24) is 24.8 Å². The molecule has 46 heavy (non-hydrogen) atoms. The van der Waals surface area contributed by atoms with Crippen molar-refractivity contribution in [3.05, 3.63) is 53.7 Å². The molecule has 9 nitrogen and oxygen atoms in total. The molecule has 1 amide bonds. The molecule has 4 aromatic rings. The van der Waals surface area contributed by atoms with Gasteiger partial charge >= 0.3 is 12.1 Å². The Morgan fingerprint density at radius 3 is 2.46 bits per heavy atom. The Morgan fingerprint density at radius 2 is 1.74 bits per heavy atom. The summed E-state index contributed by atoms with van der Waals surface area (Å²) in [5, 5.41) is 2.78. The van der Waals surface area contributed by atoms with E-state index >= 15 is 0 Å². The fourth-order valence-corrected chi connectivity index (χ4v) is 8.58. The van der Waals surface area contributed by atoms with Crippen molar-refractivity contribution < 1.29 is 14.3 Å². The number of piperazine rings is 1. The van der Waals surface area contributed by atoms with Crippen LogP contribution in [0, 0.1) is 0 Å². The number of carbonyl (C=O) groups excluding carboxylic acids is 1. The van der Waals surface area contributed by atoms with Gasteiger partial charge in [0.25, 0.3) is 0 Å². The summed E-state index contributed by atoms with van der Waals surface area (Å²) in [5.74, 6) is 0.760. The van der Waals surface area contributed by atoms with E-state index in [1.807, 2.05) is 50.1 Å². The maximum absolute atomic E-state index is 13.2. The van der Waals surface area contributed by atoms with Gasteiger partial charge in [-0.2, -0.15) is 9.97 Å². The number of rotatable bonds is 5. The summed E-state index contributed by atoms with van der Waals surface area (Å²) in [6, 6.07) is 14.7. The molecule has 4 aliphatic rings. The van der Waals surface area contributed by atoms with E-state index in [1.165, 1.54) is 12.8 Å². The summed E-state index contributed by atoms with van der Waals surface area (Å²) in [6.45, 7) is 9.92. The molecule has 2 atom stereocenters. The number of aromatic nitrogens is 3. The molecule has 240 valence electrons. The van der Waals surface area contributed by atoms with Crippen molar-refractivity contribution in [2.24, 2.45) is 0 Å². The number of carbonyl (C=O) groups is 1. The molecule has 8 rings (SSSR count). The molecule has 2 aromatic heterocycles. The predicted molar refractivity (Wildman–Crippen MR) is 181 cm³/mol. The van der Waals surface area contributed by atoms with Crippen LogP contribution in [0.4, 0.5) is 10.6 Å². The zero-order valence-corrected chi connectivity index (χ0v) is 27.6. The SMILES string of the molecule is CC(C)(C)OC(=O)N1C2CCC1CN(c1nc(OCC34CCCN3CCC4)nc3cc(-c4cccc5cccc(Cl)c45)cnc13)C2. The first kappa shape index (κ1) is 29.7. The topological polar surface area (TPSA) is 83.9 Å². The van der Waals surface area contributed by atoms with Gasteiger partial charge in [0.1, 0.15) is 17.7 Å². The molecular formula is C36H41ClN6O3. The van der Waals surface area contributed by atoms with Gasteiger partial charge in [-0.3, -0.25) is 14.8 Å². The molecule has 0 radical (unpaired) electrons. The molecule has 2 bridgehead atoms. The maximum atomic E-state index is 13.2. The zero-order valence-electron chi connectivity index (χ0n) is 26.8. The van der Waals surface area contributed by atoms with Gasteiger partial charge in [-0.1, -0.05) is 41.9 Å². The molecule has 2 aromatic carbocycles. The number of hydrogen-bond donors (Lipinski definition) is 0. The summed E-state index contributed by atoms with van der Waals surface area (Å²) in [5.41, 5.74) is 2.95. The van der Waals surface area contributed by atoms with Crippen LogP contribution in [0.1, 0.15) is 59.3 Å². The van der Waals surface area contributed by atoms with Crippen LogP contribution in [0.2, 0.25) is 5.02 Å². The first-order chi connectivity index (χ1) is 22.2. The number of fused-ring (bicyclic) bond motifs is 5. The van der Waals surface area contributed by atoms with Crippen molar-refractivity contribution in [3.8, 4) is 17.1 Å². The molecule has 4 aliphatic heterocycles. The van der Waals surface area contributed by atoms with E-state index in [9.17, 15) is 4.79 Å². The number of hydrogen-bond acceptors (Lipinski definition) is 8. The summed E-state index contributed by atoms with van der Waals surface area (Å²) in [7, 11) is 0. The highest BCUT2D eigenvalue weighted by atomic mass is 35.5. The van der Waals surface area contributed by atoms with Crippen LogP contribution in [0.3, 0.4) is 0 Å². The van der Waals surface area contributed by atoms with Crippen LogP contribution in [-0.4, -0.2) is 86.9 Å². The number of benzene rings is 2. The summed E-state index contributed by atoms with van der Waals surface area (Å²) in [4.78, 5) is 35.0. The fourth-order valence-electron chi connectivity index (χ4n) is 8.30. The predicted octanol–water partition coefficient (Wildman–Crippen LogP) is 7.09. The molecule has 4 saturated heterocycles. The Bertz CT molecular complexity index is 1800. The molecule has 0 saturated carbocycles. The average Bonchev–Trinajstić information content (AvgIpc) is 3.69. The van der Waals surface area contributed by atoms with Gasteiger partial charge in [0.15, 0.2) is 5.82 Å². The molecule has 2 unspecified atom stereocenters. The summed E-state index contributed by atoms with van der Waals surface area (Å²) in [6.07, 6.45) is 8.25. The maximum Gasteiger partial charge on any atom is 0.410 e. The van der Waals surface area contributed by atoms with Crippen molar-refractivity contribution in [3.63, 3.8) is 0 Å². The number of anilines is 1. The lowest BCUT2D eigenvalue weighted by molar-refractivity contribution is 0.0122. The number of ether oxygens (including phenoxy) is 2. The van der Waals surface area contributed by atoms with E-state index in [2.05, 4.69) is 34.1 Å². The molecule has 0 spiro atoms. The van der Waals surface area contributed by atoms with E-state index < -0.39 is 5.60 Å². The number of amides is 1. The highest BCUT2D eigenvalue weighted by Crippen LogP contribution is 2.41. The molecule has 0 aliphatic carbocycles. The third kappa shape index (κ3) is 5.21. The highest BCUT2D eigenvalue weighted by molar-refractivity contribution is 6.36. The molecule has 0 N–H and O–H groups in total. The number of pyridine rings is 1. The molecular weight excluding hydrogens is 600 g/mol. The molecule has 6 heterocycles. The number of nitrogens with zero attached hydrogens (tertiary/aromatic N) is 6. The Balaban J connectivity index is 1.17. The first-order valence-corrected chi connectivity index (χ1v) is 17.0. The van der Waals surface area contributed by atoms with E-state index in [4.69, 9.17) is 36.0 Å². The van der Waals surface area contributed by atoms with Gasteiger partial charge < -0.3 is 14.4 Å². The van der Waals surface area contributed by atoms with Crippen molar-refractivity contribution >= 4 is 45.3 Å². The Morgan fingerprint density at radius 1 is 1.02 bits per heavy atom. The van der Waals surface area contributed by atoms with Gasteiger partial charge in [-0.05, 0) is 95.5 Å². The van der Waals surface area contributed by atoms with Crippen LogP contribution in [0.5, 0.6) is 6.01 Å². The Kier molecular flexibility index (Phi) is 7.25. The van der Waals surface area contributed by atoms with Gasteiger partial charge in [0.2, 0.25) is 0 Å². The third-order valence-electron chi connectivity index (χ3n) is 10.3. The fraction of sp³-hybridized carbons (Fsp3) is 0.500. The lowest BCUT2D eigenvalue weighted by atomic mass is 9.95. The van der Waals surface area contributed by atoms with Crippen molar-refractivity contribution in [1.29, 1.82) is 0 Å². The van der Waals surface area contributed by atoms with Crippen molar-refractivity contribution in [2.45, 2.75) is 82.5 Å². The largest absolute Gasteiger partial charge is 0.461 e. The normalized spacial score (nSPS) is 22.5. The standard InChI is InChI=1S/C36H41ClN6O3/c1-35(2,3)46-34(44)43-25-12-13-26(43)21-41(20-25)32-31-29(39-33(40-32)45-22-36-14-6-16-42(36)17-7-15-36)18-24(19-38-31)27-10-4-8-23-9-5-11-28(37)30(23)27/h4-5,8-11,18-19,25-26H,6-7,12-17,20-22H2,1-3H3. The first-order valence-electron chi connectivity index (χ1n) is 16.7. The lowest BCUT2D eigenvalue weighted by Gasteiger charge is -2.41. The van der Waals surface area contributed by atoms with Crippen LogP contribution in [0.15, 0.2) is 48.7 Å². The lowest BCUT2D eigenvalue weighted by Crippen LogP contribution is -2.57. The minimum absolute atomic E-state index is 0.0458. The molecule has 4 fully saturated rings. The smallest absolute Gasteiger partial charge is 0.410 e. The summed E-state index contributed by atoms with van der Waals surface area (Å²) < 4.78 is 12.3. The van der Waals surface area contributed by atoms with Gasteiger partial charge in [-0.15, -0.1) is 0 Å². The van der Waals surface area contributed by atoms with E-state index in [-0.39, 0.29) is 23.7 Å². The van der Waals surface area contributed by atoms with Crippen LogP contribution < -0.4 is 9.64 Å². The van der Waals surface area contributed by atoms with Gasteiger partial charge in [0.05, 0.1) is 23.1 Å². The quantitative estimate of drug-likeness (QED) is 0.229. The minimum atomic E-state index is -0.535. The minimum Gasteiger partial charge on any atom is -0.461 e.